The summed E-state index contributed by atoms with van der Waals surface area (Å²) in [4.78, 5) is 17.8. The van der Waals surface area contributed by atoms with E-state index < -0.39 is 16.1 Å². The number of amides is 1. The Balaban J connectivity index is 1.88. The molecule has 2 heterocycles. The largest absolute Gasteiger partial charge is 0.340 e. The second-order valence-corrected chi connectivity index (χ2v) is 8.46. The van der Waals surface area contributed by atoms with Gasteiger partial charge >= 0.3 is 0 Å². The third kappa shape index (κ3) is 5.35. The van der Waals surface area contributed by atoms with Gasteiger partial charge in [-0.15, -0.1) is 11.3 Å². The SMILES string of the molecule is CC(NS(C)(=O)=O)C(=O)N1CCCN(Cc2cccs2)CC1. The summed E-state index contributed by atoms with van der Waals surface area (Å²) in [5, 5.41) is 2.07. The third-order valence-electron chi connectivity index (χ3n) is 3.62. The van der Waals surface area contributed by atoms with Crippen LogP contribution in [-0.2, 0) is 21.4 Å². The highest BCUT2D eigenvalue weighted by Crippen LogP contribution is 2.14. The zero-order chi connectivity index (χ0) is 16.2. The molecule has 124 valence electrons. The lowest BCUT2D eigenvalue weighted by molar-refractivity contribution is -0.132. The zero-order valence-electron chi connectivity index (χ0n) is 13.0. The van der Waals surface area contributed by atoms with Crippen molar-refractivity contribution in [3.8, 4) is 0 Å². The van der Waals surface area contributed by atoms with Crippen molar-refractivity contribution in [1.29, 1.82) is 0 Å². The summed E-state index contributed by atoms with van der Waals surface area (Å²) in [6, 6.07) is 3.46. The smallest absolute Gasteiger partial charge is 0.240 e. The van der Waals surface area contributed by atoms with E-state index in [0.29, 0.717) is 13.1 Å². The maximum atomic E-state index is 12.3. The number of carbonyl (C=O) groups is 1. The molecule has 1 N–H and O–H groups in total. The van der Waals surface area contributed by atoms with E-state index in [2.05, 4.69) is 21.1 Å². The van der Waals surface area contributed by atoms with Crippen LogP contribution in [0.4, 0.5) is 0 Å². The molecule has 1 amide bonds. The fraction of sp³-hybridized carbons (Fsp3) is 0.643. The van der Waals surface area contributed by atoms with Gasteiger partial charge in [-0.05, 0) is 24.8 Å². The van der Waals surface area contributed by atoms with Gasteiger partial charge in [-0.1, -0.05) is 6.07 Å². The molecule has 6 nitrogen and oxygen atoms in total. The second kappa shape index (κ2) is 7.54. The zero-order valence-corrected chi connectivity index (χ0v) is 14.6. The van der Waals surface area contributed by atoms with E-state index >= 15 is 0 Å². The molecule has 0 aromatic carbocycles. The van der Waals surface area contributed by atoms with Crippen molar-refractivity contribution in [2.75, 3.05) is 32.4 Å². The quantitative estimate of drug-likeness (QED) is 0.854. The van der Waals surface area contributed by atoms with E-state index in [1.54, 1.807) is 23.2 Å². The van der Waals surface area contributed by atoms with Crippen LogP contribution >= 0.6 is 11.3 Å². The Morgan fingerprint density at radius 2 is 2.14 bits per heavy atom. The van der Waals surface area contributed by atoms with Gasteiger partial charge in [0.05, 0.1) is 12.3 Å². The number of hydrogen-bond acceptors (Lipinski definition) is 5. The van der Waals surface area contributed by atoms with Crippen molar-refractivity contribution in [3.63, 3.8) is 0 Å². The van der Waals surface area contributed by atoms with Crippen molar-refractivity contribution in [2.24, 2.45) is 0 Å². The standard InChI is InChI=1S/C14H23N3O3S2/c1-12(15-22(2,19)20)14(18)17-7-4-6-16(8-9-17)11-13-5-3-10-21-13/h3,5,10,12,15H,4,6-9,11H2,1-2H3. The molecule has 1 aliphatic rings. The van der Waals surface area contributed by atoms with Crippen LogP contribution in [0.2, 0.25) is 0 Å². The summed E-state index contributed by atoms with van der Waals surface area (Å²) in [7, 11) is -3.37. The molecule has 0 radical (unpaired) electrons. The molecule has 2 rings (SSSR count). The molecule has 1 atom stereocenters. The normalized spacial score (nSPS) is 18.9. The van der Waals surface area contributed by atoms with Gasteiger partial charge in [0.15, 0.2) is 0 Å². The number of rotatable bonds is 5. The molecule has 0 saturated carbocycles. The van der Waals surface area contributed by atoms with Crippen LogP contribution in [0.3, 0.4) is 0 Å². The van der Waals surface area contributed by atoms with Crippen LogP contribution in [-0.4, -0.2) is 62.6 Å². The molecule has 1 unspecified atom stereocenters. The Morgan fingerprint density at radius 3 is 2.77 bits per heavy atom. The highest BCUT2D eigenvalue weighted by Gasteiger charge is 2.25. The molecule has 0 spiro atoms. The van der Waals surface area contributed by atoms with E-state index in [1.807, 2.05) is 6.07 Å². The van der Waals surface area contributed by atoms with Crippen molar-refractivity contribution in [1.82, 2.24) is 14.5 Å². The first-order valence-corrected chi connectivity index (χ1v) is 10.1. The molecular formula is C14H23N3O3S2. The van der Waals surface area contributed by atoms with Gasteiger partial charge in [0.25, 0.3) is 0 Å². The Hall–Kier alpha value is -0.960. The molecule has 0 bridgehead atoms. The monoisotopic (exact) mass is 345 g/mol. The molecule has 22 heavy (non-hydrogen) atoms. The first kappa shape index (κ1) is 17.4. The van der Waals surface area contributed by atoms with Gasteiger partial charge in [0.2, 0.25) is 15.9 Å². The highest BCUT2D eigenvalue weighted by molar-refractivity contribution is 7.88. The molecular weight excluding hydrogens is 322 g/mol. The van der Waals surface area contributed by atoms with Gasteiger partial charge in [0, 0.05) is 37.6 Å². The Labute approximate surface area is 136 Å². The van der Waals surface area contributed by atoms with Gasteiger partial charge < -0.3 is 4.90 Å². The number of nitrogens with one attached hydrogen (secondary N) is 1. The number of hydrogen-bond donors (Lipinski definition) is 1. The van der Waals surface area contributed by atoms with Crippen LogP contribution in [0.15, 0.2) is 17.5 Å². The summed E-state index contributed by atoms with van der Waals surface area (Å²) in [5.41, 5.74) is 0. The van der Waals surface area contributed by atoms with Crippen molar-refractivity contribution in [2.45, 2.75) is 25.9 Å². The molecule has 0 aliphatic carbocycles. The molecule has 1 aromatic rings. The average Bonchev–Trinajstić information content (AvgIpc) is 2.81. The molecule has 8 heteroatoms. The summed E-state index contributed by atoms with van der Waals surface area (Å²) in [6.07, 6.45) is 1.98. The van der Waals surface area contributed by atoms with Crippen molar-refractivity contribution in [3.05, 3.63) is 22.4 Å². The van der Waals surface area contributed by atoms with Crippen molar-refractivity contribution < 1.29 is 13.2 Å². The first-order chi connectivity index (χ1) is 10.3. The predicted molar refractivity (Wildman–Crippen MR) is 88.2 cm³/mol. The van der Waals surface area contributed by atoms with E-state index in [4.69, 9.17) is 0 Å². The van der Waals surface area contributed by atoms with Crippen LogP contribution in [0.25, 0.3) is 0 Å². The fourth-order valence-corrected chi connectivity index (χ4v) is 4.11. The minimum absolute atomic E-state index is 0.150. The van der Waals surface area contributed by atoms with Gasteiger partial charge in [-0.2, -0.15) is 0 Å². The molecule has 1 saturated heterocycles. The lowest BCUT2D eigenvalue weighted by Crippen LogP contribution is -2.47. The van der Waals surface area contributed by atoms with Crippen LogP contribution in [0.5, 0.6) is 0 Å². The highest BCUT2D eigenvalue weighted by atomic mass is 32.2. The number of thiophene rings is 1. The van der Waals surface area contributed by atoms with Crippen LogP contribution in [0, 0.1) is 0 Å². The van der Waals surface area contributed by atoms with Crippen molar-refractivity contribution >= 4 is 27.3 Å². The summed E-state index contributed by atoms with van der Waals surface area (Å²) in [5.74, 6) is -0.150. The van der Waals surface area contributed by atoms with E-state index in [0.717, 1.165) is 32.3 Å². The van der Waals surface area contributed by atoms with Gasteiger partial charge in [-0.3, -0.25) is 9.69 Å². The van der Waals surface area contributed by atoms with Gasteiger partial charge in [-0.25, -0.2) is 13.1 Å². The summed E-state index contributed by atoms with van der Waals surface area (Å²) < 4.78 is 24.8. The maximum absolute atomic E-state index is 12.3. The Morgan fingerprint density at radius 1 is 1.36 bits per heavy atom. The minimum atomic E-state index is -3.37. The second-order valence-electron chi connectivity index (χ2n) is 5.65. The number of sulfonamides is 1. The van der Waals surface area contributed by atoms with Gasteiger partial charge in [0.1, 0.15) is 0 Å². The molecule has 1 fully saturated rings. The predicted octanol–water partition coefficient (Wildman–Crippen LogP) is 0.720. The van der Waals surface area contributed by atoms with E-state index in [1.165, 1.54) is 4.88 Å². The van der Waals surface area contributed by atoms with Crippen LogP contribution < -0.4 is 4.72 Å². The average molecular weight is 345 g/mol. The topological polar surface area (TPSA) is 69.7 Å². The molecule has 1 aliphatic heterocycles. The lowest BCUT2D eigenvalue weighted by Gasteiger charge is -2.24. The Kier molecular flexibility index (Phi) is 5.96. The molecule has 1 aromatic heterocycles. The van der Waals surface area contributed by atoms with E-state index in [9.17, 15) is 13.2 Å². The minimum Gasteiger partial charge on any atom is -0.340 e. The first-order valence-electron chi connectivity index (χ1n) is 7.36. The number of nitrogens with zero attached hydrogens (tertiary/aromatic N) is 2. The van der Waals surface area contributed by atoms with Crippen LogP contribution in [0.1, 0.15) is 18.2 Å². The summed E-state index contributed by atoms with van der Waals surface area (Å²) >= 11 is 1.74. The Bertz CT molecular complexity index is 586. The van der Waals surface area contributed by atoms with E-state index in [-0.39, 0.29) is 5.91 Å². The fourth-order valence-electron chi connectivity index (χ4n) is 2.62. The maximum Gasteiger partial charge on any atom is 0.240 e. The summed E-state index contributed by atoms with van der Waals surface area (Å²) in [6.45, 7) is 5.59. The number of carbonyl (C=O) groups excluding carboxylic acids is 1. The lowest BCUT2D eigenvalue weighted by atomic mass is 10.3. The third-order valence-corrected chi connectivity index (χ3v) is 5.26.